The molecule has 0 spiro atoms. The lowest BCUT2D eigenvalue weighted by atomic mass is 9.87. The Bertz CT molecular complexity index is 687. The van der Waals surface area contributed by atoms with Crippen LogP contribution in [0.4, 0.5) is 0 Å². The molecular weight excluding hydrogens is 335 g/mol. The van der Waals surface area contributed by atoms with Crippen LogP contribution in [-0.2, 0) is 15.4 Å². The zero-order valence-corrected chi connectivity index (χ0v) is 16.6. The summed E-state index contributed by atoms with van der Waals surface area (Å²) in [6, 6.07) is 14.0. The van der Waals surface area contributed by atoms with Gasteiger partial charge in [-0.25, -0.2) is 4.57 Å². The molecule has 136 valence electrons. The quantitative estimate of drug-likeness (QED) is 0.702. The van der Waals surface area contributed by atoms with Crippen molar-refractivity contribution in [2.75, 3.05) is 0 Å². The Balaban J connectivity index is 2.08. The molecule has 0 unspecified atom stereocenters. The summed E-state index contributed by atoms with van der Waals surface area (Å²) in [6.07, 6.45) is 0. The first kappa shape index (κ1) is 19.6. The van der Waals surface area contributed by atoms with Gasteiger partial charge in [-0.3, -0.25) is 0 Å². The Morgan fingerprint density at radius 1 is 0.680 bits per heavy atom. The fraction of sp³-hybridized carbons (Fsp3) is 0.400. The number of rotatable bonds is 4. The molecule has 0 atom stereocenters. The van der Waals surface area contributed by atoms with Gasteiger partial charge in [0.15, 0.2) is 0 Å². The summed E-state index contributed by atoms with van der Waals surface area (Å²) in [5.74, 6) is 0.468. The molecule has 0 bridgehead atoms. The molecule has 0 amide bonds. The number of hydrogen-bond acceptors (Lipinski definition) is 4. The highest BCUT2D eigenvalue weighted by atomic mass is 31.2. The number of phosphoric acid groups is 1. The lowest BCUT2D eigenvalue weighted by molar-refractivity contribution is -0.208. The van der Waals surface area contributed by atoms with E-state index in [1.807, 2.05) is 24.3 Å². The van der Waals surface area contributed by atoms with Gasteiger partial charge < -0.3 is 13.9 Å². The predicted molar refractivity (Wildman–Crippen MR) is 99.1 cm³/mol. The molecule has 25 heavy (non-hydrogen) atoms. The standard InChI is InChI=1S/C20H27O4P/c1-19(2,3)15-7-11-17(12-8-15)23-25(21,22)24-18-13-9-16(10-14-18)20(4,5)6/h7-14H,1-6H3,(H,21,22)/p-1. The van der Waals surface area contributed by atoms with E-state index in [0.29, 0.717) is 0 Å². The summed E-state index contributed by atoms with van der Waals surface area (Å²) < 4.78 is 22.2. The third kappa shape index (κ3) is 5.62. The monoisotopic (exact) mass is 361 g/mol. The first-order valence-corrected chi connectivity index (χ1v) is 9.74. The second-order valence-corrected chi connectivity index (χ2v) is 9.44. The number of benzene rings is 2. The van der Waals surface area contributed by atoms with E-state index in [1.54, 1.807) is 24.3 Å². The fourth-order valence-corrected chi connectivity index (χ4v) is 3.11. The van der Waals surface area contributed by atoms with Crippen molar-refractivity contribution in [1.82, 2.24) is 0 Å². The number of phosphoric ester groups is 1. The van der Waals surface area contributed by atoms with Crippen LogP contribution < -0.4 is 13.9 Å². The zero-order valence-electron chi connectivity index (χ0n) is 15.7. The molecule has 0 aromatic heterocycles. The van der Waals surface area contributed by atoms with Crippen LogP contribution >= 0.6 is 7.82 Å². The van der Waals surface area contributed by atoms with E-state index in [9.17, 15) is 9.46 Å². The van der Waals surface area contributed by atoms with Crippen molar-refractivity contribution in [2.45, 2.75) is 52.4 Å². The van der Waals surface area contributed by atoms with E-state index in [2.05, 4.69) is 41.5 Å². The fourth-order valence-electron chi connectivity index (χ4n) is 2.31. The summed E-state index contributed by atoms with van der Waals surface area (Å²) in [7, 11) is -4.50. The van der Waals surface area contributed by atoms with Crippen molar-refractivity contribution < 1.29 is 18.5 Å². The van der Waals surface area contributed by atoms with Gasteiger partial charge in [0.25, 0.3) is 0 Å². The number of hydrogen-bond donors (Lipinski definition) is 0. The van der Waals surface area contributed by atoms with Crippen LogP contribution in [-0.4, -0.2) is 0 Å². The molecule has 0 aliphatic carbocycles. The van der Waals surface area contributed by atoms with Gasteiger partial charge in [0, 0.05) is 0 Å². The molecule has 0 aliphatic heterocycles. The minimum atomic E-state index is -4.50. The Labute approximate surface area is 150 Å². The van der Waals surface area contributed by atoms with Gasteiger partial charge >= 0.3 is 7.82 Å². The third-order valence-corrected chi connectivity index (χ3v) is 4.74. The maximum Gasteiger partial charge on any atom is 0.372 e. The first-order chi connectivity index (χ1) is 11.4. The molecule has 0 radical (unpaired) electrons. The highest BCUT2D eigenvalue weighted by Gasteiger charge is 2.17. The predicted octanol–water partition coefficient (Wildman–Crippen LogP) is 5.21. The molecule has 2 aromatic rings. The average molecular weight is 361 g/mol. The van der Waals surface area contributed by atoms with Gasteiger partial charge in [-0.15, -0.1) is 0 Å². The third-order valence-electron chi connectivity index (χ3n) is 3.88. The van der Waals surface area contributed by atoms with Crippen LogP contribution in [0.3, 0.4) is 0 Å². The second-order valence-electron chi connectivity index (χ2n) is 8.18. The largest absolute Gasteiger partial charge is 0.736 e. The molecule has 0 aliphatic rings. The van der Waals surface area contributed by atoms with Crippen molar-refractivity contribution >= 4 is 7.82 Å². The van der Waals surface area contributed by atoms with Crippen LogP contribution in [0, 0.1) is 0 Å². The van der Waals surface area contributed by atoms with E-state index < -0.39 is 7.82 Å². The second kappa shape index (κ2) is 6.86. The SMILES string of the molecule is CC(C)(C)c1ccc(OP(=O)([O-])Oc2ccc(C(C)(C)C)cc2)cc1. The minimum absolute atomic E-state index is 0.00894. The summed E-state index contributed by atoms with van der Waals surface area (Å²) >= 11 is 0. The molecule has 0 saturated heterocycles. The summed E-state index contributed by atoms with van der Waals surface area (Å²) in [5.41, 5.74) is 2.18. The van der Waals surface area contributed by atoms with E-state index >= 15 is 0 Å². The van der Waals surface area contributed by atoms with Crippen molar-refractivity contribution in [1.29, 1.82) is 0 Å². The molecule has 0 saturated carbocycles. The van der Waals surface area contributed by atoms with E-state index in [4.69, 9.17) is 9.05 Å². The van der Waals surface area contributed by atoms with Crippen LogP contribution in [0.15, 0.2) is 48.5 Å². The molecule has 0 fully saturated rings. The maximum atomic E-state index is 12.1. The molecule has 5 heteroatoms. The molecule has 2 rings (SSSR count). The maximum absolute atomic E-state index is 12.1. The van der Waals surface area contributed by atoms with Crippen molar-refractivity contribution in [3.8, 4) is 11.5 Å². The van der Waals surface area contributed by atoms with Crippen LogP contribution in [0.25, 0.3) is 0 Å². The van der Waals surface area contributed by atoms with Crippen LogP contribution in [0.2, 0.25) is 0 Å². The van der Waals surface area contributed by atoms with Gasteiger partial charge in [-0.05, 0) is 46.2 Å². The minimum Gasteiger partial charge on any atom is -0.736 e. The van der Waals surface area contributed by atoms with Crippen LogP contribution in [0.5, 0.6) is 11.5 Å². The van der Waals surface area contributed by atoms with E-state index in [-0.39, 0.29) is 22.3 Å². The lowest BCUT2D eigenvalue weighted by Crippen LogP contribution is -2.14. The highest BCUT2D eigenvalue weighted by Crippen LogP contribution is 2.41. The van der Waals surface area contributed by atoms with Gasteiger partial charge in [0.2, 0.25) is 0 Å². The summed E-state index contributed by atoms with van der Waals surface area (Å²) in [4.78, 5) is 12.1. The Morgan fingerprint density at radius 2 is 0.960 bits per heavy atom. The Morgan fingerprint density at radius 3 is 1.20 bits per heavy atom. The van der Waals surface area contributed by atoms with Gasteiger partial charge in [-0.1, -0.05) is 65.8 Å². The molecule has 0 heterocycles. The molecule has 0 N–H and O–H groups in total. The topological polar surface area (TPSA) is 58.6 Å². The molecule has 2 aromatic carbocycles. The van der Waals surface area contributed by atoms with Gasteiger partial charge in [0.1, 0.15) is 11.5 Å². The Hall–Kier alpha value is -1.77. The van der Waals surface area contributed by atoms with E-state index in [0.717, 1.165) is 11.1 Å². The van der Waals surface area contributed by atoms with Crippen molar-refractivity contribution in [2.24, 2.45) is 0 Å². The van der Waals surface area contributed by atoms with Crippen molar-refractivity contribution in [3.05, 3.63) is 59.7 Å². The summed E-state index contributed by atoms with van der Waals surface area (Å²) in [6.45, 7) is 12.5. The smallest absolute Gasteiger partial charge is 0.372 e. The van der Waals surface area contributed by atoms with E-state index in [1.165, 1.54) is 0 Å². The normalized spacial score (nSPS) is 12.8. The summed E-state index contributed by atoms with van der Waals surface area (Å²) in [5, 5.41) is 0. The van der Waals surface area contributed by atoms with Crippen LogP contribution in [0.1, 0.15) is 52.7 Å². The Kier molecular flexibility index (Phi) is 5.36. The zero-order chi connectivity index (χ0) is 18.9. The molecular formula is C20H26O4P-. The van der Waals surface area contributed by atoms with Gasteiger partial charge in [0.05, 0.1) is 0 Å². The average Bonchev–Trinajstić information content (AvgIpc) is 2.45. The highest BCUT2D eigenvalue weighted by molar-refractivity contribution is 7.46. The first-order valence-electron chi connectivity index (χ1n) is 8.28. The molecule has 4 nitrogen and oxygen atoms in total. The van der Waals surface area contributed by atoms with Crippen molar-refractivity contribution in [3.63, 3.8) is 0 Å². The lowest BCUT2D eigenvalue weighted by Gasteiger charge is -2.25. The van der Waals surface area contributed by atoms with Gasteiger partial charge in [-0.2, -0.15) is 0 Å².